The number of ether oxygens (including phenoxy) is 1. The van der Waals surface area contributed by atoms with Crippen molar-refractivity contribution in [1.29, 1.82) is 0 Å². The number of benzene rings is 1. The van der Waals surface area contributed by atoms with Crippen molar-refractivity contribution in [2.24, 2.45) is 0 Å². The average Bonchev–Trinajstić information content (AvgIpc) is 2.67. The molecule has 1 heterocycles. The highest BCUT2D eigenvalue weighted by atomic mass is 16.5. The quantitative estimate of drug-likeness (QED) is 0.607. The van der Waals surface area contributed by atoms with Crippen LogP contribution in [0.1, 0.15) is 43.0 Å². The van der Waals surface area contributed by atoms with Gasteiger partial charge in [0.2, 0.25) is 0 Å². The first-order chi connectivity index (χ1) is 9.16. The smallest absolute Gasteiger partial charge is 0.308 e. The van der Waals surface area contributed by atoms with Crippen LogP contribution in [0.15, 0.2) is 24.3 Å². The van der Waals surface area contributed by atoms with Crippen LogP contribution in [0.3, 0.4) is 0 Å². The Morgan fingerprint density at radius 1 is 1.00 bits per heavy atom. The van der Waals surface area contributed by atoms with Gasteiger partial charge in [0.15, 0.2) is 0 Å². The summed E-state index contributed by atoms with van der Waals surface area (Å²) in [6.07, 6.45) is 4.57. The Kier molecular flexibility index (Phi) is 4.55. The van der Waals surface area contributed by atoms with E-state index >= 15 is 0 Å². The molecule has 4 nitrogen and oxygen atoms in total. The summed E-state index contributed by atoms with van der Waals surface area (Å²) < 4.78 is 4.95. The van der Waals surface area contributed by atoms with E-state index in [1.54, 1.807) is 24.3 Å². The molecule has 0 aromatic heterocycles. The molecule has 0 bridgehead atoms. The van der Waals surface area contributed by atoms with Crippen LogP contribution in [0.4, 0.5) is 0 Å². The molecule has 102 valence electrons. The first kappa shape index (κ1) is 13.6. The van der Waals surface area contributed by atoms with Crippen LogP contribution in [0.25, 0.3) is 0 Å². The summed E-state index contributed by atoms with van der Waals surface area (Å²) in [6, 6.07) is 6.75. The Balaban J connectivity index is 2.04. The monoisotopic (exact) mass is 261 g/mol. The fourth-order valence-corrected chi connectivity index (χ4v) is 2.29. The van der Waals surface area contributed by atoms with Gasteiger partial charge in [-0.2, -0.15) is 0 Å². The molecule has 19 heavy (non-hydrogen) atoms. The van der Waals surface area contributed by atoms with Gasteiger partial charge in [0.25, 0.3) is 5.91 Å². The number of likely N-dealkylation sites (tertiary alicyclic amines) is 1. The molecular formula is C15H19NO3. The van der Waals surface area contributed by atoms with E-state index in [2.05, 4.69) is 0 Å². The molecule has 0 radical (unpaired) electrons. The van der Waals surface area contributed by atoms with Gasteiger partial charge in [-0.05, 0) is 37.1 Å². The first-order valence-corrected chi connectivity index (χ1v) is 6.74. The highest BCUT2D eigenvalue weighted by Crippen LogP contribution is 2.16. The predicted octanol–water partition coefficient (Wildman–Crippen LogP) is 2.63. The normalized spacial score (nSPS) is 15.7. The van der Waals surface area contributed by atoms with E-state index in [1.807, 2.05) is 4.90 Å². The van der Waals surface area contributed by atoms with Gasteiger partial charge >= 0.3 is 5.97 Å². The number of nitrogens with zero attached hydrogens (tertiary/aromatic N) is 1. The number of carbonyl (C=O) groups excluding carboxylic acids is 2. The molecule has 1 fully saturated rings. The molecule has 2 rings (SSSR count). The van der Waals surface area contributed by atoms with Crippen molar-refractivity contribution in [3.63, 3.8) is 0 Å². The highest BCUT2D eigenvalue weighted by Gasteiger charge is 2.17. The molecular weight excluding hydrogens is 242 g/mol. The first-order valence-electron chi connectivity index (χ1n) is 6.74. The molecule has 0 atom stereocenters. The van der Waals surface area contributed by atoms with Gasteiger partial charge in [-0.15, -0.1) is 0 Å². The third-order valence-corrected chi connectivity index (χ3v) is 3.26. The second kappa shape index (κ2) is 6.36. The number of carbonyl (C=O) groups is 2. The number of hydrogen-bond acceptors (Lipinski definition) is 3. The number of hydrogen-bond donors (Lipinski definition) is 0. The molecule has 1 aliphatic rings. The zero-order valence-electron chi connectivity index (χ0n) is 11.2. The third-order valence-electron chi connectivity index (χ3n) is 3.26. The number of rotatable bonds is 2. The zero-order valence-corrected chi connectivity index (χ0v) is 11.2. The van der Waals surface area contributed by atoms with E-state index in [1.165, 1.54) is 19.8 Å². The van der Waals surface area contributed by atoms with E-state index in [9.17, 15) is 9.59 Å². The summed E-state index contributed by atoms with van der Waals surface area (Å²) in [5, 5.41) is 0. The number of amides is 1. The summed E-state index contributed by atoms with van der Waals surface area (Å²) in [5.41, 5.74) is 0.651. The molecule has 0 aliphatic carbocycles. The van der Waals surface area contributed by atoms with Gasteiger partial charge < -0.3 is 9.64 Å². The van der Waals surface area contributed by atoms with Crippen molar-refractivity contribution in [2.45, 2.75) is 32.6 Å². The van der Waals surface area contributed by atoms with Gasteiger partial charge in [0.1, 0.15) is 5.75 Å². The van der Waals surface area contributed by atoms with E-state index in [0.717, 1.165) is 25.9 Å². The molecule has 0 unspecified atom stereocenters. The van der Waals surface area contributed by atoms with Crippen LogP contribution in [0.2, 0.25) is 0 Å². The Labute approximate surface area is 113 Å². The van der Waals surface area contributed by atoms with Crippen LogP contribution in [-0.2, 0) is 4.79 Å². The standard InChI is InChI=1S/C15H19NO3/c1-12(17)19-14-8-6-13(7-9-14)15(18)16-10-4-2-3-5-11-16/h6-9H,2-5,10-11H2,1H3. The maximum absolute atomic E-state index is 12.3. The van der Waals surface area contributed by atoms with Gasteiger partial charge in [0.05, 0.1) is 0 Å². The lowest BCUT2D eigenvalue weighted by atomic mass is 10.2. The predicted molar refractivity (Wildman–Crippen MR) is 72.1 cm³/mol. The lowest BCUT2D eigenvalue weighted by molar-refractivity contribution is -0.131. The summed E-state index contributed by atoms with van der Waals surface area (Å²) >= 11 is 0. The topological polar surface area (TPSA) is 46.6 Å². The second-order valence-corrected chi connectivity index (χ2v) is 4.82. The van der Waals surface area contributed by atoms with Crippen molar-refractivity contribution < 1.29 is 14.3 Å². The molecule has 1 aromatic carbocycles. The molecule has 1 amide bonds. The SMILES string of the molecule is CC(=O)Oc1ccc(C(=O)N2CCCCCC2)cc1. The maximum Gasteiger partial charge on any atom is 0.308 e. The van der Waals surface area contributed by atoms with E-state index in [4.69, 9.17) is 4.74 Å². The average molecular weight is 261 g/mol. The van der Waals surface area contributed by atoms with Crippen molar-refractivity contribution >= 4 is 11.9 Å². The van der Waals surface area contributed by atoms with E-state index < -0.39 is 0 Å². The molecule has 1 saturated heterocycles. The summed E-state index contributed by atoms with van der Waals surface area (Å²) in [5.74, 6) is 0.183. The minimum atomic E-state index is -0.355. The summed E-state index contributed by atoms with van der Waals surface area (Å²) in [6.45, 7) is 3.03. The van der Waals surface area contributed by atoms with E-state index in [0.29, 0.717) is 11.3 Å². The van der Waals surface area contributed by atoms with Crippen molar-refractivity contribution in [3.05, 3.63) is 29.8 Å². The lowest BCUT2D eigenvalue weighted by Crippen LogP contribution is -2.31. The third kappa shape index (κ3) is 3.81. The molecule has 1 aromatic rings. The van der Waals surface area contributed by atoms with Crippen LogP contribution in [-0.4, -0.2) is 29.9 Å². The van der Waals surface area contributed by atoms with Gasteiger partial charge in [0, 0.05) is 25.6 Å². The Morgan fingerprint density at radius 3 is 2.11 bits per heavy atom. The number of esters is 1. The minimum Gasteiger partial charge on any atom is -0.427 e. The second-order valence-electron chi connectivity index (χ2n) is 4.82. The van der Waals surface area contributed by atoms with Gasteiger partial charge in [-0.25, -0.2) is 0 Å². The lowest BCUT2D eigenvalue weighted by Gasteiger charge is -2.20. The highest BCUT2D eigenvalue weighted by molar-refractivity contribution is 5.94. The Morgan fingerprint density at radius 2 is 1.58 bits per heavy atom. The largest absolute Gasteiger partial charge is 0.427 e. The van der Waals surface area contributed by atoms with Crippen LogP contribution >= 0.6 is 0 Å². The van der Waals surface area contributed by atoms with E-state index in [-0.39, 0.29) is 11.9 Å². The molecule has 1 aliphatic heterocycles. The minimum absolute atomic E-state index is 0.0660. The fourth-order valence-electron chi connectivity index (χ4n) is 2.29. The van der Waals surface area contributed by atoms with Crippen molar-refractivity contribution in [3.8, 4) is 5.75 Å². The van der Waals surface area contributed by atoms with Crippen molar-refractivity contribution in [1.82, 2.24) is 4.90 Å². The van der Waals surface area contributed by atoms with Crippen LogP contribution < -0.4 is 4.74 Å². The molecule has 0 N–H and O–H groups in total. The fraction of sp³-hybridized carbons (Fsp3) is 0.467. The molecule has 0 spiro atoms. The van der Waals surface area contributed by atoms with Crippen molar-refractivity contribution in [2.75, 3.05) is 13.1 Å². The maximum atomic E-state index is 12.3. The summed E-state index contributed by atoms with van der Waals surface area (Å²) in [7, 11) is 0. The Bertz CT molecular complexity index is 445. The molecule has 4 heteroatoms. The van der Waals surface area contributed by atoms with Crippen LogP contribution in [0.5, 0.6) is 5.75 Å². The zero-order chi connectivity index (χ0) is 13.7. The molecule has 0 saturated carbocycles. The summed E-state index contributed by atoms with van der Waals surface area (Å²) in [4.78, 5) is 25.0. The van der Waals surface area contributed by atoms with Gasteiger partial charge in [-0.3, -0.25) is 9.59 Å². The van der Waals surface area contributed by atoms with Gasteiger partial charge in [-0.1, -0.05) is 12.8 Å². The van der Waals surface area contributed by atoms with Crippen LogP contribution in [0, 0.1) is 0 Å². The Hall–Kier alpha value is -1.84.